The fourth-order valence-electron chi connectivity index (χ4n) is 8.06. The second-order valence-electron chi connectivity index (χ2n) is 12.0. The van der Waals surface area contributed by atoms with E-state index >= 15 is 0 Å². The molecule has 7 nitrogen and oxygen atoms in total. The van der Waals surface area contributed by atoms with E-state index in [1.165, 1.54) is 21.8 Å². The lowest BCUT2D eigenvalue weighted by molar-refractivity contribution is -0.123. The van der Waals surface area contributed by atoms with Crippen LogP contribution >= 0.6 is 23.1 Å². The summed E-state index contributed by atoms with van der Waals surface area (Å²) in [7, 11) is 1.64. The molecular formula is C34H30N2O5S2. The molecule has 3 heterocycles. The van der Waals surface area contributed by atoms with Crippen LogP contribution in [0.5, 0.6) is 11.5 Å². The number of aromatic nitrogens is 1. The molecule has 1 N–H and O–H groups in total. The lowest BCUT2D eigenvalue weighted by Gasteiger charge is -2.43. The molecule has 3 aromatic carbocycles. The van der Waals surface area contributed by atoms with Gasteiger partial charge in [0, 0.05) is 16.0 Å². The smallest absolute Gasteiger partial charge is 0.305 e. The third-order valence-electron chi connectivity index (χ3n) is 9.80. The molecule has 7 atom stereocenters. The van der Waals surface area contributed by atoms with E-state index < -0.39 is 0 Å². The number of imide groups is 1. The summed E-state index contributed by atoms with van der Waals surface area (Å²) in [5.74, 6) is 0.633. The van der Waals surface area contributed by atoms with Gasteiger partial charge in [0.15, 0.2) is 11.5 Å². The van der Waals surface area contributed by atoms with E-state index in [4.69, 9.17) is 9.47 Å². The summed E-state index contributed by atoms with van der Waals surface area (Å²) in [6.07, 6.45) is 0.850. The van der Waals surface area contributed by atoms with Crippen molar-refractivity contribution in [3.8, 4) is 11.5 Å². The fourth-order valence-corrected chi connectivity index (χ4v) is 11.0. The van der Waals surface area contributed by atoms with E-state index in [1.807, 2.05) is 42.5 Å². The normalized spacial score (nSPS) is 28.5. The summed E-state index contributed by atoms with van der Waals surface area (Å²) in [4.78, 5) is 45.8. The minimum atomic E-state index is -0.335. The van der Waals surface area contributed by atoms with Crippen molar-refractivity contribution in [3.63, 3.8) is 0 Å². The van der Waals surface area contributed by atoms with E-state index in [1.54, 1.807) is 18.9 Å². The van der Waals surface area contributed by atoms with Crippen molar-refractivity contribution >= 4 is 40.6 Å². The van der Waals surface area contributed by atoms with Gasteiger partial charge >= 0.3 is 4.87 Å². The third kappa shape index (κ3) is 4.12. The van der Waals surface area contributed by atoms with Crippen LogP contribution in [0.2, 0.25) is 0 Å². The zero-order chi connectivity index (χ0) is 29.4. The summed E-state index contributed by atoms with van der Waals surface area (Å²) in [5, 5.41) is 1.02. The van der Waals surface area contributed by atoms with Crippen LogP contribution in [0.4, 0.5) is 5.69 Å². The number of benzene rings is 3. The SMILES string of the molecule is COc1cc([C@@H]2c3sc(=O)[nH]c3S[C@@H]3[C@@H]4C[C@@H]([C@@H]5C(=O)N(c6ccccc6)C(=O)[C@@H]45)[C@@H]23)ccc1OCc1ccc(C)cc1. The number of methoxy groups -OCH3 is 1. The van der Waals surface area contributed by atoms with Gasteiger partial charge in [-0.15, -0.1) is 11.8 Å². The largest absolute Gasteiger partial charge is 0.493 e. The Bertz CT molecular complexity index is 1800. The number of rotatable bonds is 6. The average molecular weight is 611 g/mol. The van der Waals surface area contributed by atoms with Gasteiger partial charge in [0.25, 0.3) is 0 Å². The number of nitrogens with one attached hydrogen (secondary N) is 1. The van der Waals surface area contributed by atoms with Crippen molar-refractivity contribution < 1.29 is 19.1 Å². The van der Waals surface area contributed by atoms with Gasteiger partial charge in [-0.05, 0) is 66.5 Å². The Kier molecular flexibility index (Phi) is 6.31. The number of para-hydroxylation sites is 1. The number of fused-ring (bicyclic) bond motifs is 9. The maximum Gasteiger partial charge on any atom is 0.305 e. The first kappa shape index (κ1) is 26.8. The molecule has 1 aromatic heterocycles. The highest BCUT2D eigenvalue weighted by Gasteiger charge is 2.69. The van der Waals surface area contributed by atoms with Gasteiger partial charge in [-0.1, -0.05) is 65.4 Å². The Hall–Kier alpha value is -3.82. The van der Waals surface area contributed by atoms with Crippen LogP contribution in [-0.4, -0.2) is 29.2 Å². The summed E-state index contributed by atoms with van der Waals surface area (Å²) >= 11 is 2.95. The number of thiazole rings is 1. The number of aryl methyl sites for hydroxylation is 1. The molecule has 0 unspecified atom stereocenters. The maximum atomic E-state index is 13.9. The zero-order valence-electron chi connectivity index (χ0n) is 23.7. The topological polar surface area (TPSA) is 88.7 Å². The lowest BCUT2D eigenvalue weighted by atomic mass is 9.68. The standard InChI is InChI=1S/C34H30N2O5S2/c1-17-8-10-18(11-9-17)16-41-23-13-12-19(14-24(23)40-2)25-26-21-15-22(29(26)42-31-30(25)43-34(39)35-31)28-27(21)32(37)36(33(28)38)20-6-4-3-5-7-20/h3-14,21-22,25-29H,15-16H2,1-2H3,(H,35,39)/t21-,22-,25+,26+,27+,28+,29-/m1/s1. The first-order chi connectivity index (χ1) is 20.9. The molecule has 3 fully saturated rings. The molecule has 2 amide bonds. The molecule has 9 heteroatoms. The number of carbonyl (C=O) groups excluding carboxylic acids is 2. The van der Waals surface area contributed by atoms with E-state index in [0.29, 0.717) is 23.8 Å². The number of aromatic amines is 1. The first-order valence-corrected chi connectivity index (χ1v) is 16.3. The van der Waals surface area contributed by atoms with Crippen LogP contribution in [0.3, 0.4) is 0 Å². The van der Waals surface area contributed by atoms with Gasteiger partial charge in [0.05, 0.1) is 29.7 Å². The molecule has 8 rings (SSSR count). The van der Waals surface area contributed by atoms with Crippen LogP contribution < -0.4 is 19.2 Å². The predicted molar refractivity (Wildman–Crippen MR) is 166 cm³/mol. The molecule has 0 spiro atoms. The lowest BCUT2D eigenvalue weighted by Crippen LogP contribution is -2.42. The number of anilines is 1. The Balaban J connectivity index is 1.15. The zero-order valence-corrected chi connectivity index (χ0v) is 25.3. The van der Waals surface area contributed by atoms with Crippen molar-refractivity contribution in [1.29, 1.82) is 0 Å². The van der Waals surface area contributed by atoms with Crippen LogP contribution in [0, 0.1) is 36.5 Å². The molecule has 1 saturated heterocycles. The Morgan fingerprint density at radius 1 is 0.907 bits per heavy atom. The quantitative estimate of drug-likeness (QED) is 0.269. The van der Waals surface area contributed by atoms with E-state index in [9.17, 15) is 14.4 Å². The highest BCUT2D eigenvalue weighted by molar-refractivity contribution is 8.00. The predicted octanol–water partition coefficient (Wildman–Crippen LogP) is 6.01. The highest BCUT2D eigenvalue weighted by atomic mass is 32.2. The van der Waals surface area contributed by atoms with Crippen molar-refractivity contribution in [2.24, 2.45) is 29.6 Å². The minimum Gasteiger partial charge on any atom is -0.493 e. The first-order valence-electron chi connectivity index (χ1n) is 14.6. The number of hydrogen-bond acceptors (Lipinski definition) is 7. The molecule has 218 valence electrons. The minimum absolute atomic E-state index is 0.0523. The monoisotopic (exact) mass is 610 g/mol. The Morgan fingerprint density at radius 2 is 1.65 bits per heavy atom. The summed E-state index contributed by atoms with van der Waals surface area (Å²) in [5.41, 5.74) is 3.95. The molecule has 4 aliphatic rings. The molecule has 0 radical (unpaired) electrons. The van der Waals surface area contributed by atoms with Gasteiger partial charge in [0.1, 0.15) is 6.61 Å². The van der Waals surface area contributed by atoms with Crippen LogP contribution in [-0.2, 0) is 16.2 Å². The molecule has 43 heavy (non-hydrogen) atoms. The second kappa shape index (κ2) is 10.1. The number of thioether (sulfide) groups is 1. The van der Waals surface area contributed by atoms with Crippen LogP contribution in [0.1, 0.15) is 33.9 Å². The summed E-state index contributed by atoms with van der Waals surface area (Å²) in [6.45, 7) is 2.48. The van der Waals surface area contributed by atoms with Crippen LogP contribution in [0.25, 0.3) is 0 Å². The maximum absolute atomic E-state index is 13.9. The molecule has 2 bridgehead atoms. The number of carbonyl (C=O) groups is 2. The summed E-state index contributed by atoms with van der Waals surface area (Å²) < 4.78 is 12.0. The molecule has 4 aromatic rings. The average Bonchev–Trinajstić information content (AvgIpc) is 3.76. The number of amides is 2. The highest BCUT2D eigenvalue weighted by Crippen LogP contribution is 2.68. The second-order valence-corrected chi connectivity index (χ2v) is 14.2. The molecular weight excluding hydrogens is 581 g/mol. The Morgan fingerprint density at radius 3 is 2.40 bits per heavy atom. The van der Waals surface area contributed by atoms with Gasteiger partial charge in [-0.25, -0.2) is 0 Å². The molecule has 2 saturated carbocycles. The number of H-pyrrole nitrogens is 1. The number of ether oxygens (including phenoxy) is 2. The van der Waals surface area contributed by atoms with Crippen molar-refractivity contribution in [1.82, 2.24) is 4.98 Å². The van der Waals surface area contributed by atoms with Gasteiger partial charge < -0.3 is 14.5 Å². The van der Waals surface area contributed by atoms with E-state index in [-0.39, 0.29) is 57.4 Å². The number of nitrogens with zero attached hydrogens (tertiary/aromatic N) is 1. The summed E-state index contributed by atoms with van der Waals surface area (Å²) in [6, 6.07) is 23.6. The molecule has 2 aliphatic carbocycles. The van der Waals surface area contributed by atoms with Crippen molar-refractivity contribution in [2.45, 2.75) is 36.1 Å². The van der Waals surface area contributed by atoms with E-state index in [2.05, 4.69) is 42.2 Å². The van der Waals surface area contributed by atoms with Gasteiger partial charge in [-0.3, -0.25) is 19.3 Å². The van der Waals surface area contributed by atoms with E-state index in [0.717, 1.165) is 27.5 Å². The van der Waals surface area contributed by atoms with Crippen molar-refractivity contribution in [3.05, 3.63) is 104 Å². The Labute approximate surface area is 257 Å². The number of hydrogen-bond donors (Lipinski definition) is 1. The van der Waals surface area contributed by atoms with Gasteiger partial charge in [-0.2, -0.15) is 0 Å². The van der Waals surface area contributed by atoms with Crippen LogP contribution in [0.15, 0.2) is 82.6 Å². The third-order valence-corrected chi connectivity index (χ3v) is 12.4. The van der Waals surface area contributed by atoms with Crippen molar-refractivity contribution in [2.75, 3.05) is 12.0 Å². The fraction of sp³-hybridized carbons (Fsp3) is 0.324. The molecule has 2 aliphatic heterocycles. The van der Waals surface area contributed by atoms with Gasteiger partial charge in [0.2, 0.25) is 11.8 Å².